The third-order valence-corrected chi connectivity index (χ3v) is 3.35. The molecule has 7 heteroatoms. The molecular formula is C17H16N2O4S. The fraction of sp³-hybridized carbons (Fsp3) is 0.118. The molecule has 0 aliphatic carbocycles. The molecule has 0 unspecified atom stereocenters. The number of para-hydroxylation sites is 1. The quantitative estimate of drug-likeness (QED) is 0.656. The lowest BCUT2D eigenvalue weighted by Crippen LogP contribution is -2.34. The minimum Gasteiger partial charge on any atom is -0.496 e. The van der Waals surface area contributed by atoms with Gasteiger partial charge in [0.15, 0.2) is 5.11 Å². The summed E-state index contributed by atoms with van der Waals surface area (Å²) < 4.78 is 9.77. The van der Waals surface area contributed by atoms with Gasteiger partial charge in [0.05, 0.1) is 25.3 Å². The lowest BCUT2D eigenvalue weighted by molar-refractivity contribution is 0.0600. The van der Waals surface area contributed by atoms with Gasteiger partial charge in [-0.25, -0.2) is 4.79 Å². The maximum Gasteiger partial charge on any atom is 0.337 e. The first-order valence-electron chi connectivity index (χ1n) is 6.99. The summed E-state index contributed by atoms with van der Waals surface area (Å²) >= 11 is 5.12. The Labute approximate surface area is 144 Å². The van der Waals surface area contributed by atoms with E-state index in [0.29, 0.717) is 22.6 Å². The Balaban J connectivity index is 2.00. The van der Waals surface area contributed by atoms with E-state index in [2.05, 4.69) is 15.4 Å². The molecule has 0 atom stereocenters. The second kappa shape index (κ2) is 8.07. The van der Waals surface area contributed by atoms with Crippen molar-refractivity contribution in [1.82, 2.24) is 5.32 Å². The van der Waals surface area contributed by atoms with E-state index < -0.39 is 5.97 Å². The van der Waals surface area contributed by atoms with Gasteiger partial charge in [0.1, 0.15) is 5.75 Å². The van der Waals surface area contributed by atoms with Crippen LogP contribution in [0.3, 0.4) is 0 Å². The third-order valence-electron chi connectivity index (χ3n) is 3.14. The number of nitrogens with one attached hydrogen (secondary N) is 2. The van der Waals surface area contributed by atoms with Crippen LogP contribution in [0.1, 0.15) is 20.7 Å². The number of hydrogen-bond donors (Lipinski definition) is 2. The highest BCUT2D eigenvalue weighted by Gasteiger charge is 2.13. The molecule has 0 aliphatic rings. The minimum atomic E-state index is -0.423. The highest BCUT2D eigenvalue weighted by Crippen LogP contribution is 2.17. The molecule has 6 nitrogen and oxygen atoms in total. The molecule has 0 bridgehead atoms. The maximum absolute atomic E-state index is 12.2. The summed E-state index contributed by atoms with van der Waals surface area (Å²) in [6.45, 7) is 0. The smallest absolute Gasteiger partial charge is 0.337 e. The van der Waals surface area contributed by atoms with Crippen molar-refractivity contribution >= 4 is 34.9 Å². The van der Waals surface area contributed by atoms with E-state index >= 15 is 0 Å². The molecule has 0 aromatic heterocycles. The average molecular weight is 344 g/mol. The molecule has 2 N–H and O–H groups in total. The van der Waals surface area contributed by atoms with Crippen LogP contribution in [0, 0.1) is 0 Å². The SMILES string of the molecule is COC(=O)c1ccc(NC(=S)NC(=O)c2ccccc2OC)cc1. The summed E-state index contributed by atoms with van der Waals surface area (Å²) in [5.41, 5.74) is 1.44. The molecular weight excluding hydrogens is 328 g/mol. The number of benzene rings is 2. The van der Waals surface area contributed by atoms with Gasteiger partial charge in [-0.3, -0.25) is 10.1 Å². The van der Waals surface area contributed by atoms with Gasteiger partial charge < -0.3 is 14.8 Å². The van der Waals surface area contributed by atoms with Crippen LogP contribution in [0.4, 0.5) is 5.69 Å². The standard InChI is InChI=1S/C17H16N2O4S/c1-22-14-6-4-3-5-13(14)15(20)19-17(24)18-12-9-7-11(8-10-12)16(21)23-2/h3-10H,1-2H3,(H2,18,19,20,24). The van der Waals surface area contributed by atoms with Crippen LogP contribution >= 0.6 is 12.2 Å². The van der Waals surface area contributed by atoms with E-state index in [4.69, 9.17) is 17.0 Å². The lowest BCUT2D eigenvalue weighted by Gasteiger charge is -2.11. The van der Waals surface area contributed by atoms with Gasteiger partial charge in [-0.2, -0.15) is 0 Å². The van der Waals surface area contributed by atoms with Crippen LogP contribution in [-0.4, -0.2) is 31.2 Å². The van der Waals surface area contributed by atoms with Gasteiger partial charge in [0.2, 0.25) is 0 Å². The Kier molecular flexibility index (Phi) is 5.86. The number of carbonyl (C=O) groups is 2. The van der Waals surface area contributed by atoms with E-state index in [9.17, 15) is 9.59 Å². The normalized spacial score (nSPS) is 9.75. The molecule has 2 rings (SSSR count). The number of ether oxygens (including phenoxy) is 2. The van der Waals surface area contributed by atoms with Crippen molar-refractivity contribution < 1.29 is 19.1 Å². The molecule has 1 amide bonds. The molecule has 0 fully saturated rings. The number of esters is 1. The summed E-state index contributed by atoms with van der Waals surface area (Å²) in [5, 5.41) is 5.58. The largest absolute Gasteiger partial charge is 0.496 e. The summed E-state index contributed by atoms with van der Waals surface area (Å²) in [7, 11) is 2.81. The van der Waals surface area contributed by atoms with Gasteiger partial charge >= 0.3 is 5.97 Å². The van der Waals surface area contributed by atoms with Gasteiger partial charge in [0.25, 0.3) is 5.91 Å². The molecule has 2 aromatic carbocycles. The van der Waals surface area contributed by atoms with Crippen LogP contribution < -0.4 is 15.4 Å². The topological polar surface area (TPSA) is 76.7 Å². The van der Waals surface area contributed by atoms with Crippen molar-refractivity contribution in [2.24, 2.45) is 0 Å². The highest BCUT2D eigenvalue weighted by molar-refractivity contribution is 7.80. The predicted octanol–water partition coefficient (Wildman–Crippen LogP) is 2.61. The first kappa shape index (κ1) is 17.4. The maximum atomic E-state index is 12.2. The summed E-state index contributed by atoms with van der Waals surface area (Å²) in [6.07, 6.45) is 0. The van der Waals surface area contributed by atoms with E-state index in [1.54, 1.807) is 48.5 Å². The van der Waals surface area contributed by atoms with Crippen LogP contribution in [0.15, 0.2) is 48.5 Å². The number of carbonyl (C=O) groups excluding carboxylic acids is 2. The lowest BCUT2D eigenvalue weighted by atomic mass is 10.2. The Morgan fingerprint density at radius 3 is 2.29 bits per heavy atom. The molecule has 2 aromatic rings. The third kappa shape index (κ3) is 4.30. The average Bonchev–Trinajstić information content (AvgIpc) is 2.61. The zero-order chi connectivity index (χ0) is 17.5. The van der Waals surface area contributed by atoms with Crippen LogP contribution in [0.5, 0.6) is 5.75 Å². The van der Waals surface area contributed by atoms with Gasteiger partial charge in [-0.1, -0.05) is 12.1 Å². The summed E-state index contributed by atoms with van der Waals surface area (Å²) in [4.78, 5) is 23.6. The molecule has 24 heavy (non-hydrogen) atoms. The van der Waals surface area contributed by atoms with Crippen molar-refractivity contribution in [1.29, 1.82) is 0 Å². The fourth-order valence-electron chi connectivity index (χ4n) is 1.97. The molecule has 0 aliphatic heterocycles. The van der Waals surface area contributed by atoms with Crippen molar-refractivity contribution in [3.63, 3.8) is 0 Å². The second-order valence-electron chi connectivity index (χ2n) is 4.68. The number of anilines is 1. The van der Waals surface area contributed by atoms with Crippen molar-refractivity contribution in [3.8, 4) is 5.75 Å². The highest BCUT2D eigenvalue weighted by atomic mass is 32.1. The van der Waals surface area contributed by atoms with Crippen LogP contribution in [0.2, 0.25) is 0 Å². The van der Waals surface area contributed by atoms with Crippen LogP contribution in [-0.2, 0) is 4.74 Å². The molecule has 0 radical (unpaired) electrons. The van der Waals surface area contributed by atoms with E-state index in [-0.39, 0.29) is 11.0 Å². The molecule has 0 spiro atoms. The first-order chi connectivity index (χ1) is 11.5. The zero-order valence-corrected chi connectivity index (χ0v) is 14.0. The summed E-state index contributed by atoms with van der Waals surface area (Å²) in [6, 6.07) is 13.4. The van der Waals surface area contributed by atoms with E-state index in [1.165, 1.54) is 14.2 Å². The first-order valence-corrected chi connectivity index (χ1v) is 7.39. The van der Waals surface area contributed by atoms with Gasteiger partial charge in [-0.15, -0.1) is 0 Å². The van der Waals surface area contributed by atoms with Crippen molar-refractivity contribution in [3.05, 3.63) is 59.7 Å². The van der Waals surface area contributed by atoms with Crippen molar-refractivity contribution in [2.45, 2.75) is 0 Å². The monoisotopic (exact) mass is 344 g/mol. The number of hydrogen-bond acceptors (Lipinski definition) is 5. The number of methoxy groups -OCH3 is 2. The summed E-state index contributed by atoms with van der Waals surface area (Å²) in [5.74, 6) is -0.343. The van der Waals surface area contributed by atoms with Crippen LogP contribution in [0.25, 0.3) is 0 Å². The Hall–Kier alpha value is -2.93. The Morgan fingerprint density at radius 1 is 1.00 bits per heavy atom. The van der Waals surface area contributed by atoms with Crippen molar-refractivity contribution in [2.75, 3.05) is 19.5 Å². The molecule has 0 heterocycles. The molecule has 124 valence electrons. The Morgan fingerprint density at radius 2 is 1.67 bits per heavy atom. The Bertz CT molecular complexity index is 759. The van der Waals surface area contributed by atoms with E-state index in [1.807, 2.05) is 0 Å². The number of amides is 1. The van der Waals surface area contributed by atoms with E-state index in [0.717, 1.165) is 0 Å². The molecule has 0 saturated carbocycles. The fourth-order valence-corrected chi connectivity index (χ4v) is 2.18. The molecule has 0 saturated heterocycles. The van der Waals surface area contributed by atoms with Gasteiger partial charge in [0, 0.05) is 5.69 Å². The van der Waals surface area contributed by atoms with Gasteiger partial charge in [-0.05, 0) is 48.6 Å². The minimum absolute atomic E-state index is 0.136. The number of rotatable bonds is 4. The predicted molar refractivity (Wildman–Crippen MR) is 94.5 cm³/mol. The number of thiocarbonyl (C=S) groups is 1. The zero-order valence-electron chi connectivity index (χ0n) is 13.2. The second-order valence-corrected chi connectivity index (χ2v) is 5.09.